The molecule has 7 nitrogen and oxygen atoms in total. The lowest BCUT2D eigenvalue weighted by molar-refractivity contribution is 0.110. The molecular formula is C25H36IN5O2. The van der Waals surface area contributed by atoms with E-state index in [1.807, 2.05) is 25.1 Å². The molecule has 2 aromatic carbocycles. The number of nitrogens with zero attached hydrogens (tertiary/aromatic N) is 2. The summed E-state index contributed by atoms with van der Waals surface area (Å²) >= 11 is 0. The number of H-pyrrole nitrogens is 1. The molecule has 1 heterocycles. The maximum absolute atomic E-state index is 5.94. The molecule has 0 unspecified atom stereocenters. The number of rotatable bonds is 12. The second kappa shape index (κ2) is 14.7. The van der Waals surface area contributed by atoms with Crippen molar-refractivity contribution in [3.8, 4) is 5.75 Å². The first-order valence-electron chi connectivity index (χ1n) is 11.5. The lowest BCUT2D eigenvalue weighted by atomic mass is 10.1. The van der Waals surface area contributed by atoms with Crippen molar-refractivity contribution in [2.45, 2.75) is 40.2 Å². The van der Waals surface area contributed by atoms with Crippen LogP contribution >= 0.6 is 24.0 Å². The fourth-order valence-electron chi connectivity index (χ4n) is 3.37. The van der Waals surface area contributed by atoms with Crippen LogP contribution in [-0.4, -0.2) is 48.8 Å². The predicted octanol–water partition coefficient (Wildman–Crippen LogP) is 4.59. The number of guanidine groups is 1. The molecule has 180 valence electrons. The van der Waals surface area contributed by atoms with E-state index in [-0.39, 0.29) is 24.0 Å². The van der Waals surface area contributed by atoms with Crippen molar-refractivity contribution in [1.82, 2.24) is 20.6 Å². The first-order chi connectivity index (χ1) is 15.7. The van der Waals surface area contributed by atoms with Crippen molar-refractivity contribution in [1.29, 1.82) is 0 Å². The normalized spacial score (nSPS) is 11.3. The summed E-state index contributed by atoms with van der Waals surface area (Å²) in [5.74, 6) is 2.69. The summed E-state index contributed by atoms with van der Waals surface area (Å²) in [5, 5.41) is 6.74. The van der Waals surface area contributed by atoms with Crippen LogP contribution < -0.4 is 15.4 Å². The van der Waals surface area contributed by atoms with E-state index in [9.17, 15) is 0 Å². The quantitative estimate of drug-likeness (QED) is 0.130. The Morgan fingerprint density at radius 3 is 2.73 bits per heavy atom. The number of benzene rings is 2. The number of para-hydroxylation sites is 2. The van der Waals surface area contributed by atoms with Crippen LogP contribution in [0.3, 0.4) is 0 Å². The molecule has 3 rings (SSSR count). The third-order valence-corrected chi connectivity index (χ3v) is 4.98. The summed E-state index contributed by atoms with van der Waals surface area (Å²) in [6, 6.07) is 14.4. The lowest BCUT2D eigenvalue weighted by Crippen LogP contribution is -2.37. The number of aryl methyl sites for hydroxylation is 2. The van der Waals surface area contributed by atoms with Crippen molar-refractivity contribution in [2.75, 3.05) is 32.9 Å². The van der Waals surface area contributed by atoms with Crippen LogP contribution in [0.2, 0.25) is 0 Å². The minimum Gasteiger partial charge on any atom is -0.491 e. The summed E-state index contributed by atoms with van der Waals surface area (Å²) in [6.45, 7) is 10.1. The number of hydrogen-bond acceptors (Lipinski definition) is 4. The Kier molecular flexibility index (Phi) is 12.0. The van der Waals surface area contributed by atoms with Gasteiger partial charge in [0.1, 0.15) is 18.2 Å². The van der Waals surface area contributed by atoms with Crippen LogP contribution in [-0.2, 0) is 17.7 Å². The van der Waals surface area contributed by atoms with E-state index in [0.717, 1.165) is 60.1 Å². The highest BCUT2D eigenvalue weighted by molar-refractivity contribution is 14.0. The molecule has 0 bridgehead atoms. The maximum Gasteiger partial charge on any atom is 0.191 e. The van der Waals surface area contributed by atoms with Gasteiger partial charge in [0.05, 0.1) is 24.2 Å². The molecule has 1 aromatic heterocycles. The smallest absolute Gasteiger partial charge is 0.191 e. The Balaban J connectivity index is 0.00000385. The number of halogens is 1. The zero-order valence-corrected chi connectivity index (χ0v) is 22.1. The standard InChI is InChI=1S/C25H35N5O2.HI/c1-4-26-25(27-14-8-11-24-29-21-9-6-7-10-22(21)30-24)28-18-20-13-12-19(3)17-23(20)32-16-15-31-5-2;/h6-7,9-10,12-13,17H,4-5,8,11,14-16,18H2,1-3H3,(H,29,30)(H2,26,27,28);1H. The van der Waals surface area contributed by atoms with Gasteiger partial charge in [-0.15, -0.1) is 24.0 Å². The first kappa shape index (κ1) is 26.9. The third-order valence-electron chi connectivity index (χ3n) is 4.98. The van der Waals surface area contributed by atoms with Crippen molar-refractivity contribution in [2.24, 2.45) is 4.99 Å². The van der Waals surface area contributed by atoms with Gasteiger partial charge in [-0.3, -0.25) is 0 Å². The molecule has 8 heteroatoms. The molecule has 3 aromatic rings. The molecule has 0 radical (unpaired) electrons. The zero-order valence-electron chi connectivity index (χ0n) is 19.8. The summed E-state index contributed by atoms with van der Waals surface area (Å²) < 4.78 is 11.3. The van der Waals surface area contributed by atoms with Crippen molar-refractivity contribution in [3.63, 3.8) is 0 Å². The first-order valence-corrected chi connectivity index (χ1v) is 11.5. The molecule has 0 amide bonds. The largest absolute Gasteiger partial charge is 0.491 e. The average molecular weight is 566 g/mol. The molecule has 0 saturated heterocycles. The van der Waals surface area contributed by atoms with Crippen LogP contribution in [0.15, 0.2) is 47.5 Å². The Labute approximate surface area is 213 Å². The van der Waals surface area contributed by atoms with E-state index in [1.165, 1.54) is 5.56 Å². The van der Waals surface area contributed by atoms with E-state index in [4.69, 9.17) is 14.5 Å². The Morgan fingerprint density at radius 2 is 1.94 bits per heavy atom. The van der Waals surface area contributed by atoms with Gasteiger partial charge in [-0.25, -0.2) is 9.98 Å². The topological polar surface area (TPSA) is 83.6 Å². The molecular weight excluding hydrogens is 529 g/mol. The van der Waals surface area contributed by atoms with Crippen molar-refractivity contribution >= 4 is 41.0 Å². The van der Waals surface area contributed by atoms with Gasteiger partial charge in [0.15, 0.2) is 5.96 Å². The molecule has 0 aliphatic rings. The monoisotopic (exact) mass is 565 g/mol. The summed E-state index contributed by atoms with van der Waals surface area (Å²) in [7, 11) is 0. The maximum atomic E-state index is 5.94. The molecule has 33 heavy (non-hydrogen) atoms. The van der Waals surface area contributed by atoms with Crippen LogP contribution in [0.1, 0.15) is 37.2 Å². The van der Waals surface area contributed by atoms with E-state index in [1.54, 1.807) is 0 Å². The highest BCUT2D eigenvalue weighted by atomic mass is 127. The number of imidazole rings is 1. The van der Waals surface area contributed by atoms with Gasteiger partial charge < -0.3 is 25.1 Å². The van der Waals surface area contributed by atoms with E-state index >= 15 is 0 Å². The van der Waals surface area contributed by atoms with Crippen LogP contribution in [0, 0.1) is 6.92 Å². The molecule has 0 saturated carbocycles. The minimum absolute atomic E-state index is 0. The Bertz CT molecular complexity index is 972. The summed E-state index contributed by atoms with van der Waals surface area (Å²) in [5.41, 5.74) is 4.33. The van der Waals surface area contributed by atoms with E-state index < -0.39 is 0 Å². The molecule has 0 fully saturated rings. The molecule has 0 atom stereocenters. The SMILES string of the molecule is CCNC(=NCc1ccc(C)cc1OCCOCC)NCCCc1nc2ccccc2[nH]1.I. The fraction of sp³-hybridized carbons (Fsp3) is 0.440. The summed E-state index contributed by atoms with van der Waals surface area (Å²) in [6.07, 6.45) is 1.84. The van der Waals surface area contributed by atoms with Gasteiger partial charge in [-0.05, 0) is 51.0 Å². The van der Waals surface area contributed by atoms with Crippen LogP contribution in [0.25, 0.3) is 11.0 Å². The zero-order chi connectivity index (χ0) is 22.6. The summed E-state index contributed by atoms with van der Waals surface area (Å²) in [4.78, 5) is 12.8. The van der Waals surface area contributed by atoms with Gasteiger partial charge in [-0.1, -0.05) is 24.3 Å². The number of aliphatic imine (C=N–C) groups is 1. The number of nitrogens with one attached hydrogen (secondary N) is 3. The van der Waals surface area contributed by atoms with Crippen LogP contribution in [0.4, 0.5) is 0 Å². The van der Waals surface area contributed by atoms with Crippen LogP contribution in [0.5, 0.6) is 5.75 Å². The average Bonchev–Trinajstić information content (AvgIpc) is 3.21. The van der Waals surface area contributed by atoms with Crippen molar-refractivity contribution in [3.05, 3.63) is 59.4 Å². The Morgan fingerprint density at radius 1 is 1.09 bits per heavy atom. The number of hydrogen-bond donors (Lipinski definition) is 3. The van der Waals surface area contributed by atoms with Gasteiger partial charge in [0, 0.05) is 31.7 Å². The number of aromatic nitrogens is 2. The van der Waals surface area contributed by atoms with Gasteiger partial charge in [-0.2, -0.15) is 0 Å². The molecule has 0 spiro atoms. The van der Waals surface area contributed by atoms with E-state index in [0.29, 0.717) is 26.4 Å². The Hall–Kier alpha value is -2.33. The second-order valence-corrected chi connectivity index (χ2v) is 7.58. The van der Waals surface area contributed by atoms with E-state index in [2.05, 4.69) is 58.7 Å². The van der Waals surface area contributed by atoms with Crippen molar-refractivity contribution < 1.29 is 9.47 Å². The number of ether oxygens (including phenoxy) is 2. The molecule has 0 aliphatic heterocycles. The third kappa shape index (κ3) is 8.85. The minimum atomic E-state index is 0. The predicted molar refractivity (Wildman–Crippen MR) is 146 cm³/mol. The fourth-order valence-corrected chi connectivity index (χ4v) is 3.37. The molecule has 0 aliphatic carbocycles. The molecule has 3 N–H and O–H groups in total. The number of fused-ring (bicyclic) bond motifs is 1. The van der Waals surface area contributed by atoms with Gasteiger partial charge in [0.2, 0.25) is 0 Å². The highest BCUT2D eigenvalue weighted by Crippen LogP contribution is 2.21. The highest BCUT2D eigenvalue weighted by Gasteiger charge is 2.06. The lowest BCUT2D eigenvalue weighted by Gasteiger charge is -2.13. The number of aromatic amines is 1. The van der Waals surface area contributed by atoms with Gasteiger partial charge in [0.25, 0.3) is 0 Å². The second-order valence-electron chi connectivity index (χ2n) is 7.58. The van der Waals surface area contributed by atoms with Gasteiger partial charge >= 0.3 is 0 Å².